The number of aromatic nitrogens is 5. The number of amides is 1. The van der Waals surface area contributed by atoms with Gasteiger partial charge in [-0.3, -0.25) is 19.1 Å². The Bertz CT molecular complexity index is 1890. The van der Waals surface area contributed by atoms with Crippen LogP contribution in [0.1, 0.15) is 34.7 Å². The number of rotatable bonds is 5. The monoisotopic (exact) mass is 561 g/mol. The number of benzene rings is 2. The number of anilines is 1. The maximum atomic E-state index is 14.2. The van der Waals surface area contributed by atoms with Gasteiger partial charge in [0.25, 0.3) is 11.5 Å². The largest absolute Gasteiger partial charge is 0.381 e. The summed E-state index contributed by atoms with van der Waals surface area (Å²) in [5.74, 6) is 6.46. The first-order chi connectivity index (χ1) is 20.4. The zero-order valence-corrected chi connectivity index (χ0v) is 23.5. The second-order valence-electron chi connectivity index (χ2n) is 10.4. The predicted molar refractivity (Wildman–Crippen MR) is 161 cm³/mol. The van der Waals surface area contributed by atoms with E-state index in [1.807, 2.05) is 42.5 Å². The number of hydrogen-bond acceptors (Lipinski definition) is 8. The number of nitrogen functional groups attached to an aromatic ring is 1. The van der Waals surface area contributed by atoms with Crippen molar-refractivity contribution in [1.29, 1.82) is 0 Å². The molecule has 1 aliphatic rings. The smallest absolute Gasteiger partial charge is 0.267 e. The van der Waals surface area contributed by atoms with Crippen LogP contribution in [0.3, 0.4) is 0 Å². The van der Waals surface area contributed by atoms with E-state index in [0.29, 0.717) is 40.2 Å². The topological polar surface area (TPSA) is 127 Å². The zero-order chi connectivity index (χ0) is 29.2. The van der Waals surface area contributed by atoms with E-state index in [0.717, 1.165) is 26.2 Å². The minimum Gasteiger partial charge on any atom is -0.381 e. The number of likely N-dealkylation sites (N-methyl/N-ethyl adjacent to an activating group) is 1. The lowest BCUT2D eigenvalue weighted by atomic mass is 10.1. The number of nitrogens with zero attached hydrogens (tertiary/aromatic N) is 7. The highest BCUT2D eigenvalue weighted by atomic mass is 16.2. The minimum atomic E-state index is -0.667. The van der Waals surface area contributed by atoms with Crippen LogP contribution in [0.4, 0.5) is 5.82 Å². The van der Waals surface area contributed by atoms with Gasteiger partial charge in [-0.05, 0) is 44.3 Å². The van der Waals surface area contributed by atoms with Crippen molar-refractivity contribution in [1.82, 2.24) is 39.3 Å². The highest BCUT2D eigenvalue weighted by molar-refractivity contribution is 6.04. The van der Waals surface area contributed by atoms with E-state index in [4.69, 9.17) is 10.7 Å². The number of fused-ring (bicyclic) bond motifs is 2. The third-order valence-electron chi connectivity index (χ3n) is 7.44. The third-order valence-corrected chi connectivity index (χ3v) is 7.44. The van der Waals surface area contributed by atoms with Crippen molar-refractivity contribution in [2.75, 3.05) is 45.5 Å². The van der Waals surface area contributed by atoms with E-state index in [9.17, 15) is 9.59 Å². The molecular weight excluding hydrogens is 530 g/mol. The number of hydrogen-bond donors (Lipinski definition) is 2. The molecule has 42 heavy (non-hydrogen) atoms. The van der Waals surface area contributed by atoms with Gasteiger partial charge in [0.15, 0.2) is 11.5 Å². The summed E-state index contributed by atoms with van der Waals surface area (Å²) in [7, 11) is 2.12. The first-order valence-corrected chi connectivity index (χ1v) is 13.8. The van der Waals surface area contributed by atoms with Crippen LogP contribution in [0, 0.1) is 11.8 Å². The lowest BCUT2D eigenvalue weighted by Crippen LogP contribution is -2.44. The van der Waals surface area contributed by atoms with Crippen LogP contribution in [0.25, 0.3) is 22.2 Å². The molecule has 0 radical (unpaired) electrons. The van der Waals surface area contributed by atoms with E-state index in [2.05, 4.69) is 44.1 Å². The summed E-state index contributed by atoms with van der Waals surface area (Å²) >= 11 is 0. The van der Waals surface area contributed by atoms with E-state index in [1.165, 1.54) is 9.08 Å². The third kappa shape index (κ3) is 5.21. The van der Waals surface area contributed by atoms with Crippen LogP contribution in [0.5, 0.6) is 0 Å². The molecule has 3 aromatic heterocycles. The van der Waals surface area contributed by atoms with Crippen molar-refractivity contribution in [2.24, 2.45) is 0 Å². The Labute approximate surface area is 242 Å². The van der Waals surface area contributed by atoms with Crippen molar-refractivity contribution in [3.05, 3.63) is 94.3 Å². The molecule has 5 aromatic rings. The molecule has 0 aliphatic carbocycles. The number of nitrogens with two attached hydrogens (primary N) is 1. The normalized spacial score (nSPS) is 14.9. The summed E-state index contributed by atoms with van der Waals surface area (Å²) in [6.45, 7) is 6.37. The summed E-state index contributed by atoms with van der Waals surface area (Å²) in [5, 5.41) is 7.57. The fraction of sp³-hybridized carbons (Fsp3) is 0.258. The molecule has 1 atom stereocenters. The molecule has 1 fully saturated rings. The fourth-order valence-electron chi connectivity index (χ4n) is 5.18. The Hall–Kier alpha value is -5.05. The van der Waals surface area contributed by atoms with Crippen molar-refractivity contribution in [3.8, 4) is 17.5 Å². The average molecular weight is 562 g/mol. The van der Waals surface area contributed by atoms with E-state index >= 15 is 0 Å². The Balaban J connectivity index is 1.39. The molecule has 212 valence electrons. The maximum absolute atomic E-state index is 14.2. The van der Waals surface area contributed by atoms with Crippen LogP contribution in [-0.2, 0) is 0 Å². The molecule has 11 nitrogen and oxygen atoms in total. The van der Waals surface area contributed by atoms with Crippen molar-refractivity contribution in [2.45, 2.75) is 13.0 Å². The van der Waals surface area contributed by atoms with Crippen LogP contribution < -0.4 is 16.6 Å². The second-order valence-corrected chi connectivity index (χ2v) is 10.4. The number of para-hydroxylation sites is 1. The Morgan fingerprint density at radius 3 is 2.64 bits per heavy atom. The van der Waals surface area contributed by atoms with Gasteiger partial charge in [0.05, 0.1) is 29.2 Å². The van der Waals surface area contributed by atoms with Crippen LogP contribution in [0.2, 0.25) is 0 Å². The van der Waals surface area contributed by atoms with Crippen LogP contribution in [-0.4, -0.2) is 79.6 Å². The average Bonchev–Trinajstić information content (AvgIpc) is 3.34. The van der Waals surface area contributed by atoms with Gasteiger partial charge in [-0.15, -0.1) is 5.10 Å². The molecule has 0 bridgehead atoms. The molecule has 0 spiro atoms. The highest BCUT2D eigenvalue weighted by Crippen LogP contribution is 2.22. The van der Waals surface area contributed by atoms with E-state index < -0.39 is 11.9 Å². The summed E-state index contributed by atoms with van der Waals surface area (Å²) in [6.07, 6.45) is 3.24. The van der Waals surface area contributed by atoms with Crippen LogP contribution >= 0.6 is 0 Å². The minimum absolute atomic E-state index is 0.0603. The van der Waals surface area contributed by atoms with Gasteiger partial charge in [0, 0.05) is 44.1 Å². The molecule has 1 saturated heterocycles. The molecule has 4 heterocycles. The van der Waals surface area contributed by atoms with Gasteiger partial charge in [0.1, 0.15) is 11.4 Å². The number of piperazine rings is 1. The zero-order valence-electron chi connectivity index (χ0n) is 23.5. The lowest BCUT2D eigenvalue weighted by Gasteiger charge is -2.30. The first kappa shape index (κ1) is 27.1. The van der Waals surface area contributed by atoms with Gasteiger partial charge >= 0.3 is 0 Å². The maximum Gasteiger partial charge on any atom is 0.267 e. The molecule has 0 saturated carbocycles. The first-order valence-electron chi connectivity index (χ1n) is 13.8. The number of carbonyl (C=O) groups is 1. The Kier molecular flexibility index (Phi) is 7.39. The summed E-state index contributed by atoms with van der Waals surface area (Å²) in [5.41, 5.74) is 8.08. The molecule has 6 rings (SSSR count). The quantitative estimate of drug-likeness (QED) is 0.313. The summed E-state index contributed by atoms with van der Waals surface area (Å²) in [6, 6.07) is 15.8. The molecule has 11 heteroatoms. The summed E-state index contributed by atoms with van der Waals surface area (Å²) < 4.78 is 2.99. The van der Waals surface area contributed by atoms with E-state index in [-0.39, 0.29) is 16.9 Å². The lowest BCUT2D eigenvalue weighted by molar-refractivity contribution is 0.0940. The van der Waals surface area contributed by atoms with Crippen molar-refractivity contribution >= 4 is 28.3 Å². The van der Waals surface area contributed by atoms with Crippen molar-refractivity contribution < 1.29 is 4.79 Å². The fourth-order valence-corrected chi connectivity index (χ4v) is 5.18. The standard InChI is InChI=1S/C31H31N9O2/c1-21(34-30(41)26-27(32)36-39-16-8-14-33-29(26)39)28-35-24-13-6-9-22(10-7-15-38-19-17-37(2)18-20-38)25(24)31(42)40(28)23-11-4-3-5-12-23/h3-6,8-9,11-14,16,21H,15,17-20H2,1-2H3,(H2,32,36)(H,34,41)/t21-/m0/s1. The van der Waals surface area contributed by atoms with Gasteiger partial charge in [0.2, 0.25) is 0 Å². The number of nitrogens with one attached hydrogen (secondary N) is 1. The van der Waals surface area contributed by atoms with Gasteiger partial charge in [-0.25, -0.2) is 14.5 Å². The van der Waals surface area contributed by atoms with Gasteiger partial charge in [-0.2, -0.15) is 0 Å². The highest BCUT2D eigenvalue weighted by Gasteiger charge is 2.25. The van der Waals surface area contributed by atoms with Crippen molar-refractivity contribution in [3.63, 3.8) is 0 Å². The molecule has 1 amide bonds. The summed E-state index contributed by atoms with van der Waals surface area (Å²) in [4.78, 5) is 41.4. The molecule has 2 aromatic carbocycles. The Morgan fingerprint density at radius 1 is 1.07 bits per heavy atom. The van der Waals surface area contributed by atoms with Gasteiger partial charge < -0.3 is 16.0 Å². The molecule has 0 unspecified atom stereocenters. The van der Waals surface area contributed by atoms with Crippen LogP contribution in [0.15, 0.2) is 71.8 Å². The molecule has 1 aliphatic heterocycles. The van der Waals surface area contributed by atoms with E-state index in [1.54, 1.807) is 31.5 Å². The Morgan fingerprint density at radius 2 is 1.86 bits per heavy atom. The second kappa shape index (κ2) is 11.4. The number of carbonyl (C=O) groups excluding carboxylic acids is 1. The SMILES string of the molecule is C[C@H](NC(=O)c1c(N)nn2cccnc12)c1nc2cccc(C#CCN3CCN(C)CC3)c2c(=O)n1-c1ccccc1. The molecule has 3 N–H and O–H groups in total. The predicted octanol–water partition coefficient (Wildman–Crippen LogP) is 2.10. The van der Waals surface area contributed by atoms with Gasteiger partial charge in [-0.1, -0.05) is 36.1 Å². The molecular formula is C31H31N9O2.